The topological polar surface area (TPSA) is 42.0 Å². The Bertz CT molecular complexity index is 493. The summed E-state index contributed by atoms with van der Waals surface area (Å²) in [5.74, 6) is -0.102. The van der Waals surface area contributed by atoms with Gasteiger partial charge >= 0.3 is 0 Å². The van der Waals surface area contributed by atoms with Crippen LogP contribution in [0.3, 0.4) is 0 Å². The van der Waals surface area contributed by atoms with Gasteiger partial charge in [-0.05, 0) is 18.2 Å². The molecule has 5 heteroatoms. The number of thiol groups is 1. The van der Waals surface area contributed by atoms with Gasteiger partial charge in [0.05, 0.1) is 10.2 Å². The van der Waals surface area contributed by atoms with Crippen molar-refractivity contribution >= 4 is 45.2 Å². The second-order valence-corrected chi connectivity index (χ2v) is 4.40. The smallest absolute Gasteiger partial charge is 0.223 e. The lowest BCUT2D eigenvalue weighted by Gasteiger charge is -1.91. The molecule has 0 bridgehead atoms. The molecule has 0 aliphatic heterocycles. The molecule has 0 saturated carbocycles. The van der Waals surface area contributed by atoms with Gasteiger partial charge < -0.3 is 5.32 Å². The van der Waals surface area contributed by atoms with E-state index in [1.165, 1.54) is 18.3 Å². The monoisotopic (exact) mass is 224 g/mol. The molecule has 0 radical (unpaired) electrons. The van der Waals surface area contributed by atoms with Gasteiger partial charge in [0.1, 0.15) is 0 Å². The van der Waals surface area contributed by atoms with Crippen molar-refractivity contribution in [2.24, 2.45) is 0 Å². The second-order valence-electron chi connectivity index (χ2n) is 2.85. The molecule has 1 aromatic carbocycles. The third kappa shape index (κ3) is 1.88. The van der Waals surface area contributed by atoms with Gasteiger partial charge in [-0.15, -0.1) is 12.6 Å². The first-order valence-corrected chi connectivity index (χ1v) is 5.28. The van der Waals surface area contributed by atoms with E-state index in [0.717, 1.165) is 15.1 Å². The molecule has 1 N–H and O–H groups in total. The normalized spacial score (nSPS) is 10.4. The highest BCUT2D eigenvalue weighted by atomic mass is 32.1. The van der Waals surface area contributed by atoms with Gasteiger partial charge in [0.2, 0.25) is 5.91 Å². The number of aromatic nitrogens is 1. The molecule has 72 valence electrons. The molecule has 14 heavy (non-hydrogen) atoms. The van der Waals surface area contributed by atoms with Crippen molar-refractivity contribution in [1.29, 1.82) is 0 Å². The molecule has 1 aromatic heterocycles. The minimum absolute atomic E-state index is 0.102. The number of fused-ring (bicyclic) bond motifs is 1. The molecule has 0 fully saturated rings. The quantitative estimate of drug-likeness (QED) is 0.731. The predicted octanol–water partition coefficient (Wildman–Crippen LogP) is 2.54. The van der Waals surface area contributed by atoms with Gasteiger partial charge in [-0.25, -0.2) is 4.98 Å². The first kappa shape index (κ1) is 9.48. The standard InChI is InChI=1S/C9H8N2OS2/c1-5(12)10-9-11-7-3-2-6(13)4-8(7)14-9/h2-4,13H,1H3,(H,10,11,12). The van der Waals surface area contributed by atoms with Gasteiger partial charge in [-0.3, -0.25) is 4.79 Å². The van der Waals surface area contributed by atoms with Crippen LogP contribution in [0.15, 0.2) is 23.1 Å². The van der Waals surface area contributed by atoms with Crippen LogP contribution < -0.4 is 5.32 Å². The summed E-state index contributed by atoms with van der Waals surface area (Å²) in [6, 6.07) is 5.70. The second kappa shape index (κ2) is 3.59. The molecule has 2 rings (SSSR count). The van der Waals surface area contributed by atoms with Crippen molar-refractivity contribution in [3.8, 4) is 0 Å². The Morgan fingerprint density at radius 2 is 2.36 bits per heavy atom. The van der Waals surface area contributed by atoms with E-state index in [0.29, 0.717) is 5.13 Å². The fourth-order valence-electron chi connectivity index (χ4n) is 1.12. The summed E-state index contributed by atoms with van der Waals surface area (Å²) in [6.45, 7) is 1.47. The number of thiazole rings is 1. The van der Waals surface area contributed by atoms with Crippen LogP contribution in [0.25, 0.3) is 10.2 Å². The molecule has 1 heterocycles. The maximum absolute atomic E-state index is 10.8. The maximum Gasteiger partial charge on any atom is 0.223 e. The van der Waals surface area contributed by atoms with E-state index < -0.39 is 0 Å². The zero-order chi connectivity index (χ0) is 10.1. The van der Waals surface area contributed by atoms with E-state index in [2.05, 4.69) is 22.9 Å². The Hall–Kier alpha value is -1.07. The van der Waals surface area contributed by atoms with Crippen LogP contribution in [-0.2, 0) is 4.79 Å². The van der Waals surface area contributed by atoms with Crippen LogP contribution >= 0.6 is 24.0 Å². The minimum atomic E-state index is -0.102. The molecular formula is C9H8N2OS2. The number of rotatable bonds is 1. The lowest BCUT2D eigenvalue weighted by molar-refractivity contribution is -0.114. The Labute approximate surface area is 90.6 Å². The third-order valence-corrected chi connectivity index (χ3v) is 2.87. The van der Waals surface area contributed by atoms with Crippen molar-refractivity contribution in [2.75, 3.05) is 5.32 Å². The summed E-state index contributed by atoms with van der Waals surface area (Å²) in [5, 5.41) is 3.29. The van der Waals surface area contributed by atoms with Gasteiger partial charge in [0, 0.05) is 11.8 Å². The van der Waals surface area contributed by atoms with E-state index in [-0.39, 0.29) is 5.91 Å². The molecule has 1 amide bonds. The van der Waals surface area contributed by atoms with Crippen LogP contribution in [0, 0.1) is 0 Å². The Morgan fingerprint density at radius 1 is 1.57 bits per heavy atom. The van der Waals surface area contributed by atoms with Gasteiger partial charge in [0.15, 0.2) is 5.13 Å². The summed E-state index contributed by atoms with van der Waals surface area (Å²) in [5.41, 5.74) is 0.886. The summed E-state index contributed by atoms with van der Waals surface area (Å²) in [6.07, 6.45) is 0. The average molecular weight is 224 g/mol. The predicted molar refractivity (Wildman–Crippen MR) is 61.2 cm³/mol. The molecule has 0 aliphatic carbocycles. The summed E-state index contributed by atoms with van der Waals surface area (Å²) in [7, 11) is 0. The van der Waals surface area contributed by atoms with Crippen molar-refractivity contribution in [2.45, 2.75) is 11.8 Å². The number of carbonyl (C=O) groups excluding carboxylic acids is 1. The average Bonchev–Trinajstić information content (AvgIpc) is 2.44. The minimum Gasteiger partial charge on any atom is -0.302 e. The van der Waals surface area contributed by atoms with Crippen LogP contribution in [0.4, 0.5) is 5.13 Å². The van der Waals surface area contributed by atoms with E-state index in [9.17, 15) is 4.79 Å². The number of amides is 1. The van der Waals surface area contributed by atoms with Crippen LogP contribution in [-0.4, -0.2) is 10.9 Å². The first-order chi connectivity index (χ1) is 6.65. The zero-order valence-corrected chi connectivity index (χ0v) is 9.15. The molecule has 3 nitrogen and oxygen atoms in total. The Balaban J connectivity index is 2.46. The molecule has 0 aliphatic rings. The fourth-order valence-corrected chi connectivity index (χ4v) is 2.36. The first-order valence-electron chi connectivity index (χ1n) is 4.02. The number of benzene rings is 1. The molecular weight excluding hydrogens is 216 g/mol. The van der Waals surface area contributed by atoms with Crippen molar-refractivity contribution in [3.63, 3.8) is 0 Å². The summed E-state index contributed by atoms with van der Waals surface area (Å²) in [4.78, 5) is 15.9. The number of nitrogens with one attached hydrogen (secondary N) is 1. The SMILES string of the molecule is CC(=O)Nc1nc2ccc(S)cc2s1. The molecule has 0 spiro atoms. The van der Waals surface area contributed by atoms with Gasteiger partial charge in [-0.2, -0.15) is 0 Å². The number of hydrogen-bond acceptors (Lipinski definition) is 4. The molecule has 2 aromatic rings. The third-order valence-electron chi connectivity index (χ3n) is 1.65. The molecule has 0 saturated heterocycles. The highest BCUT2D eigenvalue weighted by Gasteiger charge is 2.04. The van der Waals surface area contributed by atoms with E-state index in [1.807, 2.05) is 18.2 Å². The van der Waals surface area contributed by atoms with Gasteiger partial charge in [0.25, 0.3) is 0 Å². The number of carbonyl (C=O) groups is 1. The van der Waals surface area contributed by atoms with Crippen LogP contribution in [0.2, 0.25) is 0 Å². The van der Waals surface area contributed by atoms with Crippen molar-refractivity contribution < 1.29 is 4.79 Å². The van der Waals surface area contributed by atoms with E-state index in [4.69, 9.17) is 0 Å². The summed E-state index contributed by atoms with van der Waals surface area (Å²) < 4.78 is 1.03. The van der Waals surface area contributed by atoms with Crippen molar-refractivity contribution in [1.82, 2.24) is 4.98 Å². The van der Waals surface area contributed by atoms with Crippen LogP contribution in [0.5, 0.6) is 0 Å². The zero-order valence-electron chi connectivity index (χ0n) is 7.44. The fraction of sp³-hybridized carbons (Fsp3) is 0.111. The van der Waals surface area contributed by atoms with Gasteiger partial charge in [-0.1, -0.05) is 11.3 Å². The number of nitrogens with zero attached hydrogens (tertiary/aromatic N) is 1. The lowest BCUT2D eigenvalue weighted by Crippen LogP contribution is -2.04. The van der Waals surface area contributed by atoms with Crippen molar-refractivity contribution in [3.05, 3.63) is 18.2 Å². The molecule has 0 atom stereocenters. The van der Waals surface area contributed by atoms with Crippen LogP contribution in [0.1, 0.15) is 6.92 Å². The summed E-state index contributed by atoms with van der Waals surface area (Å²) >= 11 is 5.68. The number of hydrogen-bond donors (Lipinski definition) is 2. The van der Waals surface area contributed by atoms with E-state index >= 15 is 0 Å². The Kier molecular flexibility index (Phi) is 2.43. The van der Waals surface area contributed by atoms with E-state index in [1.54, 1.807) is 0 Å². The highest BCUT2D eigenvalue weighted by molar-refractivity contribution is 7.80. The number of anilines is 1. The largest absolute Gasteiger partial charge is 0.302 e. The highest BCUT2D eigenvalue weighted by Crippen LogP contribution is 2.27. The Morgan fingerprint density at radius 3 is 3.07 bits per heavy atom. The lowest BCUT2D eigenvalue weighted by atomic mass is 10.3. The maximum atomic E-state index is 10.8. The molecule has 0 unspecified atom stereocenters.